The van der Waals surface area contributed by atoms with Crippen LogP contribution in [0.15, 0.2) is 0 Å². The second kappa shape index (κ2) is 10.2. The fourth-order valence-corrected chi connectivity index (χ4v) is 15.3. The lowest BCUT2D eigenvalue weighted by Crippen LogP contribution is -2.43. The van der Waals surface area contributed by atoms with E-state index in [1.54, 1.807) is 64.2 Å². The third-order valence-electron chi connectivity index (χ3n) is 11.5. The number of hydrogen-bond donors (Lipinski definition) is 0. The van der Waals surface area contributed by atoms with Gasteiger partial charge in [0.05, 0.1) is 8.07 Å². The largest absolute Gasteiger partial charge is 0.0689 e. The summed E-state index contributed by atoms with van der Waals surface area (Å²) in [6, 6.07) is 0. The van der Waals surface area contributed by atoms with Gasteiger partial charge in [-0.1, -0.05) is 98.6 Å². The maximum absolute atomic E-state index is 2.91. The van der Waals surface area contributed by atoms with E-state index in [0.717, 1.165) is 58.4 Å². The Kier molecular flexibility index (Phi) is 8.03. The number of hydrogen-bond acceptors (Lipinski definition) is 0. The van der Waals surface area contributed by atoms with Crippen LogP contribution < -0.4 is 0 Å². The minimum Gasteiger partial charge on any atom is -0.0689 e. The summed E-state index contributed by atoms with van der Waals surface area (Å²) in [5.74, 6) is 8.48. The summed E-state index contributed by atoms with van der Waals surface area (Å²) < 4.78 is 0. The van der Waals surface area contributed by atoms with E-state index in [-0.39, 0.29) is 0 Å². The molecule has 0 nitrogen and oxygen atoms in total. The molecule has 0 bridgehead atoms. The highest BCUT2D eigenvalue weighted by Crippen LogP contribution is 2.64. The van der Waals surface area contributed by atoms with E-state index in [1.807, 2.05) is 0 Å². The lowest BCUT2D eigenvalue weighted by molar-refractivity contribution is 0.200. The van der Waals surface area contributed by atoms with Crippen molar-refractivity contribution in [2.45, 2.75) is 142 Å². The van der Waals surface area contributed by atoms with Gasteiger partial charge in [-0.25, -0.2) is 0 Å². The van der Waals surface area contributed by atoms with E-state index in [9.17, 15) is 0 Å². The van der Waals surface area contributed by atoms with Crippen molar-refractivity contribution >= 4 is 8.07 Å². The lowest BCUT2D eigenvalue weighted by Gasteiger charge is -2.45. The highest BCUT2D eigenvalue weighted by atomic mass is 28.3. The van der Waals surface area contributed by atoms with Crippen molar-refractivity contribution < 1.29 is 0 Å². The molecule has 180 valence electrons. The van der Waals surface area contributed by atoms with Crippen molar-refractivity contribution in [3.05, 3.63) is 0 Å². The third-order valence-corrected chi connectivity index (χ3v) is 16.6. The fraction of sp³-hybridized carbons (Fsp3) is 1.00. The average molecular weight is 445 g/mol. The van der Waals surface area contributed by atoms with Crippen molar-refractivity contribution in [1.82, 2.24) is 0 Å². The predicted octanol–water partition coefficient (Wildman–Crippen LogP) is 9.96. The number of rotatable bonds is 8. The van der Waals surface area contributed by atoms with Crippen LogP contribution in [0.3, 0.4) is 0 Å². The molecule has 4 fully saturated rings. The van der Waals surface area contributed by atoms with Crippen molar-refractivity contribution in [3.63, 3.8) is 0 Å². The molecule has 0 saturated heterocycles. The summed E-state index contributed by atoms with van der Waals surface area (Å²) in [4.78, 5) is 0. The van der Waals surface area contributed by atoms with Crippen LogP contribution in [0.5, 0.6) is 0 Å². The Morgan fingerprint density at radius 1 is 0.677 bits per heavy atom. The highest BCUT2D eigenvalue weighted by Gasteiger charge is 2.57. The van der Waals surface area contributed by atoms with Gasteiger partial charge in [-0.15, -0.1) is 0 Å². The minimum atomic E-state index is -1.24. The predicted molar refractivity (Wildman–Crippen MR) is 140 cm³/mol. The van der Waals surface area contributed by atoms with E-state index < -0.39 is 8.07 Å². The van der Waals surface area contributed by atoms with Gasteiger partial charge in [0, 0.05) is 0 Å². The topological polar surface area (TPSA) is 0 Å². The molecule has 0 N–H and O–H groups in total. The van der Waals surface area contributed by atoms with Gasteiger partial charge < -0.3 is 0 Å². The fourth-order valence-electron chi connectivity index (χ4n) is 9.88. The molecule has 0 amide bonds. The van der Waals surface area contributed by atoms with E-state index in [0.29, 0.717) is 0 Å². The van der Waals surface area contributed by atoms with Gasteiger partial charge in [-0.3, -0.25) is 0 Å². The molecule has 4 rings (SSSR count). The first-order valence-corrected chi connectivity index (χ1v) is 18.0. The molecule has 1 heteroatoms. The average Bonchev–Trinajstić information content (AvgIpc) is 3.32. The minimum absolute atomic E-state index is 0.880. The molecule has 0 spiro atoms. The molecule has 0 aliphatic heterocycles. The van der Waals surface area contributed by atoms with Gasteiger partial charge in [0.25, 0.3) is 0 Å². The van der Waals surface area contributed by atoms with Crippen LogP contribution in [0.4, 0.5) is 0 Å². The van der Waals surface area contributed by atoms with Gasteiger partial charge in [0.15, 0.2) is 0 Å². The van der Waals surface area contributed by atoms with Crippen molar-refractivity contribution in [2.75, 3.05) is 0 Å². The number of fused-ring (bicyclic) bond motifs is 2. The smallest absolute Gasteiger partial charge is 0.0541 e. The Labute approximate surface area is 197 Å². The zero-order valence-corrected chi connectivity index (χ0v) is 23.2. The molecule has 31 heavy (non-hydrogen) atoms. The van der Waals surface area contributed by atoms with E-state index in [1.165, 1.54) is 25.7 Å². The molecule has 0 radical (unpaired) electrons. The molecule has 0 aromatic carbocycles. The SMILES string of the molecule is CCC1CC([Si](C)(C)C2CC(CC(C)CCC(C)C)C3CCCCC32)C2CCCCC12. The van der Waals surface area contributed by atoms with Crippen LogP contribution in [0.2, 0.25) is 24.2 Å². The van der Waals surface area contributed by atoms with Crippen LogP contribution in [0.25, 0.3) is 0 Å². The monoisotopic (exact) mass is 444 g/mol. The van der Waals surface area contributed by atoms with Gasteiger partial charge >= 0.3 is 0 Å². The van der Waals surface area contributed by atoms with Gasteiger partial charge in [-0.05, 0) is 90.5 Å². The quantitative estimate of drug-likeness (QED) is 0.327. The Balaban J connectivity index is 1.49. The van der Waals surface area contributed by atoms with Crippen LogP contribution in [0, 0.1) is 47.3 Å². The molecule has 0 heterocycles. The van der Waals surface area contributed by atoms with Crippen LogP contribution >= 0.6 is 0 Å². The van der Waals surface area contributed by atoms with Crippen LogP contribution in [0.1, 0.15) is 118 Å². The van der Waals surface area contributed by atoms with Crippen molar-refractivity contribution in [1.29, 1.82) is 0 Å². The lowest BCUT2D eigenvalue weighted by atomic mass is 9.75. The Bertz CT molecular complexity index is 565. The molecular formula is C30H56Si. The molecule has 9 unspecified atom stereocenters. The first-order valence-electron chi connectivity index (χ1n) is 14.8. The molecule has 9 atom stereocenters. The maximum Gasteiger partial charge on any atom is 0.0541 e. The summed E-state index contributed by atoms with van der Waals surface area (Å²) >= 11 is 0. The van der Waals surface area contributed by atoms with Crippen LogP contribution in [-0.2, 0) is 0 Å². The normalized spacial score (nSPS) is 41.9. The summed E-state index contributed by atoms with van der Waals surface area (Å²) in [6.07, 6.45) is 21.7. The van der Waals surface area contributed by atoms with Gasteiger partial charge in [-0.2, -0.15) is 0 Å². The summed E-state index contributed by atoms with van der Waals surface area (Å²) in [5, 5.41) is 0. The summed E-state index contributed by atoms with van der Waals surface area (Å²) in [7, 11) is -1.24. The first kappa shape index (κ1) is 24.3. The van der Waals surface area contributed by atoms with Gasteiger partial charge in [0.2, 0.25) is 0 Å². The zero-order chi connectivity index (χ0) is 22.2. The maximum atomic E-state index is 2.91. The zero-order valence-electron chi connectivity index (χ0n) is 22.2. The van der Waals surface area contributed by atoms with Crippen LogP contribution in [-0.4, -0.2) is 8.07 Å². The van der Waals surface area contributed by atoms with Crippen molar-refractivity contribution in [3.8, 4) is 0 Å². The van der Waals surface area contributed by atoms with E-state index >= 15 is 0 Å². The van der Waals surface area contributed by atoms with Crippen molar-refractivity contribution in [2.24, 2.45) is 47.3 Å². The van der Waals surface area contributed by atoms with E-state index in [2.05, 4.69) is 40.8 Å². The molecule has 4 aliphatic carbocycles. The van der Waals surface area contributed by atoms with Gasteiger partial charge in [0.1, 0.15) is 0 Å². The highest BCUT2D eigenvalue weighted by molar-refractivity contribution is 6.80. The molecule has 0 aromatic heterocycles. The molecule has 4 saturated carbocycles. The summed E-state index contributed by atoms with van der Waals surface area (Å²) in [5.41, 5.74) is 2.32. The molecule has 4 aliphatic rings. The summed E-state index contributed by atoms with van der Waals surface area (Å²) in [6.45, 7) is 15.7. The Morgan fingerprint density at radius 2 is 1.16 bits per heavy atom. The Hall–Kier alpha value is 0.217. The molecular weight excluding hydrogens is 388 g/mol. The molecule has 0 aromatic rings. The third kappa shape index (κ3) is 5.02. The standard InChI is InChI=1S/C30H56Si/c1-7-23-19-29(27-14-10-8-12-25(23)27)31(5,6)30-20-24(18-22(4)17-16-21(2)3)26-13-9-11-15-28(26)30/h21-30H,7-20H2,1-6H3. The first-order chi connectivity index (χ1) is 14.8. The second-order valence-electron chi connectivity index (χ2n) is 14.0. The Morgan fingerprint density at radius 3 is 1.68 bits per heavy atom. The van der Waals surface area contributed by atoms with E-state index in [4.69, 9.17) is 0 Å². The second-order valence-corrected chi connectivity index (χ2v) is 19.1.